The highest BCUT2D eigenvalue weighted by Gasteiger charge is 2.34. The maximum atomic E-state index is 12.0. The zero-order chi connectivity index (χ0) is 9.97. The summed E-state index contributed by atoms with van der Waals surface area (Å²) in [7, 11) is 0. The molecule has 14 heavy (non-hydrogen) atoms. The van der Waals surface area contributed by atoms with Crippen molar-refractivity contribution in [3.05, 3.63) is 0 Å². The molecule has 2 atom stereocenters. The van der Waals surface area contributed by atoms with E-state index in [1.807, 2.05) is 0 Å². The van der Waals surface area contributed by atoms with Crippen LogP contribution >= 0.6 is 0 Å². The minimum Gasteiger partial charge on any atom is -0.309 e. The van der Waals surface area contributed by atoms with Gasteiger partial charge in [-0.05, 0) is 37.5 Å². The second-order valence-corrected chi connectivity index (χ2v) is 4.76. The minimum absolute atomic E-state index is 0.123. The van der Waals surface area contributed by atoms with Crippen molar-refractivity contribution in [2.75, 3.05) is 6.54 Å². The molecular weight excluding hydrogens is 184 g/mol. The summed E-state index contributed by atoms with van der Waals surface area (Å²) in [5.74, 6) is 1.77. The number of hydrogen-bond donors (Lipinski definition) is 1. The van der Waals surface area contributed by atoms with Gasteiger partial charge in [-0.1, -0.05) is 12.8 Å². The van der Waals surface area contributed by atoms with Crippen molar-refractivity contribution in [2.24, 2.45) is 11.8 Å². The van der Waals surface area contributed by atoms with Crippen LogP contribution in [0.2, 0.25) is 0 Å². The summed E-state index contributed by atoms with van der Waals surface area (Å²) < 4.78 is 24.0. The van der Waals surface area contributed by atoms with E-state index in [1.54, 1.807) is 0 Å². The molecule has 0 aliphatic heterocycles. The van der Waals surface area contributed by atoms with Gasteiger partial charge in [0.15, 0.2) is 0 Å². The third-order valence-electron chi connectivity index (χ3n) is 3.56. The molecule has 2 saturated carbocycles. The van der Waals surface area contributed by atoms with E-state index in [9.17, 15) is 8.78 Å². The van der Waals surface area contributed by atoms with Crippen LogP contribution in [-0.4, -0.2) is 19.0 Å². The predicted molar refractivity (Wildman–Crippen MR) is 52.5 cm³/mol. The van der Waals surface area contributed by atoms with Crippen molar-refractivity contribution in [1.29, 1.82) is 0 Å². The van der Waals surface area contributed by atoms with Crippen LogP contribution in [0.4, 0.5) is 8.78 Å². The monoisotopic (exact) mass is 203 g/mol. The van der Waals surface area contributed by atoms with Crippen molar-refractivity contribution in [3.63, 3.8) is 0 Å². The molecule has 1 nitrogen and oxygen atoms in total. The lowest BCUT2D eigenvalue weighted by Crippen LogP contribution is -2.37. The van der Waals surface area contributed by atoms with Gasteiger partial charge in [0.1, 0.15) is 0 Å². The molecule has 0 saturated heterocycles. The molecule has 2 unspecified atom stereocenters. The highest BCUT2D eigenvalue weighted by atomic mass is 19.3. The SMILES string of the molecule is FC(F)CNC1CCCC(C2CC2)C1. The van der Waals surface area contributed by atoms with Crippen LogP contribution in [0.5, 0.6) is 0 Å². The van der Waals surface area contributed by atoms with Crippen LogP contribution in [0.25, 0.3) is 0 Å². The molecule has 2 aliphatic rings. The summed E-state index contributed by atoms with van der Waals surface area (Å²) in [4.78, 5) is 0. The van der Waals surface area contributed by atoms with E-state index in [1.165, 1.54) is 25.7 Å². The van der Waals surface area contributed by atoms with Gasteiger partial charge in [-0.25, -0.2) is 8.78 Å². The summed E-state index contributed by atoms with van der Waals surface area (Å²) >= 11 is 0. The fourth-order valence-electron chi connectivity index (χ4n) is 2.66. The van der Waals surface area contributed by atoms with Crippen LogP contribution in [0, 0.1) is 11.8 Å². The van der Waals surface area contributed by atoms with E-state index in [0.29, 0.717) is 6.04 Å². The Hall–Kier alpha value is -0.180. The molecule has 2 aliphatic carbocycles. The number of nitrogens with one attached hydrogen (secondary N) is 1. The van der Waals surface area contributed by atoms with E-state index in [4.69, 9.17) is 0 Å². The Labute approximate surface area is 84.3 Å². The predicted octanol–water partition coefficient (Wildman–Crippen LogP) is 2.81. The molecule has 0 bridgehead atoms. The van der Waals surface area contributed by atoms with Crippen LogP contribution in [0.1, 0.15) is 38.5 Å². The molecule has 82 valence electrons. The Balaban J connectivity index is 1.70. The van der Waals surface area contributed by atoms with Gasteiger partial charge in [0.25, 0.3) is 6.43 Å². The fraction of sp³-hybridized carbons (Fsp3) is 1.00. The summed E-state index contributed by atoms with van der Waals surface area (Å²) in [5.41, 5.74) is 0. The molecule has 2 fully saturated rings. The Morgan fingerprint density at radius 2 is 1.86 bits per heavy atom. The summed E-state index contributed by atoms with van der Waals surface area (Å²) in [6.45, 7) is -0.123. The topological polar surface area (TPSA) is 12.0 Å². The van der Waals surface area contributed by atoms with Gasteiger partial charge in [-0.15, -0.1) is 0 Å². The second-order valence-electron chi connectivity index (χ2n) is 4.76. The quantitative estimate of drug-likeness (QED) is 0.740. The smallest absolute Gasteiger partial charge is 0.250 e. The van der Waals surface area contributed by atoms with Crippen LogP contribution in [0.15, 0.2) is 0 Å². The molecule has 0 radical (unpaired) electrons. The number of rotatable bonds is 4. The Kier molecular flexibility index (Phi) is 3.37. The third-order valence-corrected chi connectivity index (χ3v) is 3.56. The Morgan fingerprint density at radius 1 is 1.07 bits per heavy atom. The highest BCUT2D eigenvalue weighted by molar-refractivity contribution is 4.87. The molecule has 2 rings (SSSR count). The first kappa shape index (κ1) is 10.3. The first-order valence-corrected chi connectivity index (χ1v) is 5.77. The van der Waals surface area contributed by atoms with Crippen molar-refractivity contribution in [1.82, 2.24) is 5.32 Å². The molecule has 1 N–H and O–H groups in total. The number of hydrogen-bond acceptors (Lipinski definition) is 1. The van der Waals surface area contributed by atoms with Crippen LogP contribution in [-0.2, 0) is 0 Å². The average Bonchev–Trinajstić information content (AvgIpc) is 2.98. The molecule has 0 spiro atoms. The van der Waals surface area contributed by atoms with Crippen molar-refractivity contribution >= 4 is 0 Å². The van der Waals surface area contributed by atoms with E-state index in [0.717, 1.165) is 24.7 Å². The maximum Gasteiger partial charge on any atom is 0.250 e. The lowest BCUT2D eigenvalue weighted by molar-refractivity contribution is 0.133. The first-order chi connectivity index (χ1) is 6.75. The molecule has 0 aromatic rings. The highest BCUT2D eigenvalue weighted by Crippen LogP contribution is 2.43. The van der Waals surface area contributed by atoms with Crippen molar-refractivity contribution < 1.29 is 8.78 Å². The molecule has 0 heterocycles. The molecular formula is C11H19F2N. The molecule has 0 amide bonds. The van der Waals surface area contributed by atoms with Crippen LogP contribution < -0.4 is 5.32 Å². The Bertz CT molecular complexity index is 180. The number of halogens is 2. The minimum atomic E-state index is -2.20. The number of alkyl halides is 2. The van der Waals surface area contributed by atoms with Gasteiger partial charge < -0.3 is 5.32 Å². The summed E-state index contributed by atoms with van der Waals surface area (Å²) in [6.07, 6.45) is 5.35. The van der Waals surface area contributed by atoms with Gasteiger partial charge in [0, 0.05) is 6.04 Å². The first-order valence-electron chi connectivity index (χ1n) is 5.77. The second kappa shape index (κ2) is 4.56. The summed E-state index contributed by atoms with van der Waals surface area (Å²) in [5, 5.41) is 2.98. The van der Waals surface area contributed by atoms with Gasteiger partial charge in [0.2, 0.25) is 0 Å². The molecule has 0 aromatic carbocycles. The van der Waals surface area contributed by atoms with E-state index in [-0.39, 0.29) is 6.54 Å². The maximum absolute atomic E-state index is 12.0. The van der Waals surface area contributed by atoms with Gasteiger partial charge in [0.05, 0.1) is 6.54 Å². The van der Waals surface area contributed by atoms with Gasteiger partial charge in [-0.3, -0.25) is 0 Å². The van der Waals surface area contributed by atoms with Crippen molar-refractivity contribution in [3.8, 4) is 0 Å². The van der Waals surface area contributed by atoms with E-state index >= 15 is 0 Å². The van der Waals surface area contributed by atoms with E-state index < -0.39 is 6.43 Å². The lowest BCUT2D eigenvalue weighted by atomic mass is 9.83. The van der Waals surface area contributed by atoms with Crippen molar-refractivity contribution in [2.45, 2.75) is 51.0 Å². The summed E-state index contributed by atoms with van der Waals surface area (Å²) in [6, 6.07) is 0.364. The zero-order valence-electron chi connectivity index (χ0n) is 8.52. The third kappa shape index (κ3) is 2.91. The largest absolute Gasteiger partial charge is 0.309 e. The zero-order valence-corrected chi connectivity index (χ0v) is 8.52. The average molecular weight is 203 g/mol. The lowest BCUT2D eigenvalue weighted by Gasteiger charge is -2.29. The molecule has 0 aromatic heterocycles. The Morgan fingerprint density at radius 3 is 2.50 bits per heavy atom. The van der Waals surface area contributed by atoms with Gasteiger partial charge in [-0.2, -0.15) is 0 Å². The fourth-order valence-corrected chi connectivity index (χ4v) is 2.66. The van der Waals surface area contributed by atoms with E-state index in [2.05, 4.69) is 5.32 Å². The normalized spacial score (nSPS) is 33.6. The van der Waals surface area contributed by atoms with Crippen LogP contribution in [0.3, 0.4) is 0 Å². The molecule has 3 heteroatoms. The standard InChI is InChI=1S/C11H19F2N/c12-11(13)7-14-10-3-1-2-9(6-10)8-4-5-8/h8-11,14H,1-7H2. The van der Waals surface area contributed by atoms with Gasteiger partial charge >= 0.3 is 0 Å².